The smallest absolute Gasteiger partial charge is 0.211 e. The zero-order chi connectivity index (χ0) is 20.6. The highest BCUT2D eigenvalue weighted by Crippen LogP contribution is 2.42. The minimum atomic E-state index is -3.22. The van der Waals surface area contributed by atoms with Gasteiger partial charge in [0.2, 0.25) is 10.0 Å². The molecule has 0 aromatic heterocycles. The standard InChI is InChI=1S/C23H30N2O3S/c1-17-7-3-4-8-20(17)18-9-11-19(12-10-18)23-21-15-24(29(2,27)28)13-5-6-14-25(21)22(23)16-26/h3-4,7-12,21-23,26H,5-6,13-16H2,1-2H3/t21-,22-,23-/m0/s1. The number of sulfonamides is 1. The lowest BCUT2D eigenvalue weighted by Gasteiger charge is -2.57. The van der Waals surface area contributed by atoms with Crippen LogP contribution in [0.2, 0.25) is 0 Å². The molecule has 0 amide bonds. The van der Waals surface area contributed by atoms with Crippen LogP contribution in [-0.4, -0.2) is 67.3 Å². The number of nitrogens with zero attached hydrogens (tertiary/aromatic N) is 2. The van der Waals surface area contributed by atoms with Crippen LogP contribution in [0.5, 0.6) is 0 Å². The van der Waals surface area contributed by atoms with E-state index in [1.54, 1.807) is 4.31 Å². The first-order valence-corrected chi connectivity index (χ1v) is 12.2. The molecule has 2 fully saturated rings. The molecule has 4 rings (SSSR count). The fourth-order valence-corrected chi connectivity index (χ4v) is 5.88. The Balaban J connectivity index is 1.61. The maximum atomic E-state index is 12.2. The molecular weight excluding hydrogens is 384 g/mol. The van der Waals surface area contributed by atoms with Crippen molar-refractivity contribution >= 4 is 10.0 Å². The minimum absolute atomic E-state index is 0.0591. The van der Waals surface area contributed by atoms with Crippen molar-refractivity contribution in [1.82, 2.24) is 9.21 Å². The van der Waals surface area contributed by atoms with Gasteiger partial charge in [-0.2, -0.15) is 0 Å². The predicted octanol–water partition coefficient (Wildman–Crippen LogP) is 2.85. The van der Waals surface area contributed by atoms with Crippen LogP contribution in [0.3, 0.4) is 0 Å². The topological polar surface area (TPSA) is 60.9 Å². The maximum absolute atomic E-state index is 12.2. The fourth-order valence-electron chi connectivity index (χ4n) is 4.99. The van der Waals surface area contributed by atoms with Gasteiger partial charge in [-0.05, 0) is 48.6 Å². The van der Waals surface area contributed by atoms with E-state index in [4.69, 9.17) is 0 Å². The van der Waals surface area contributed by atoms with E-state index in [9.17, 15) is 13.5 Å². The number of aliphatic hydroxyl groups is 1. The van der Waals surface area contributed by atoms with Crippen molar-refractivity contribution in [1.29, 1.82) is 0 Å². The third-order valence-corrected chi connectivity index (χ3v) is 7.82. The second-order valence-corrected chi connectivity index (χ2v) is 10.3. The quantitative estimate of drug-likeness (QED) is 0.836. The summed E-state index contributed by atoms with van der Waals surface area (Å²) in [6, 6.07) is 17.1. The Morgan fingerprint density at radius 1 is 1.03 bits per heavy atom. The van der Waals surface area contributed by atoms with Crippen LogP contribution in [0.15, 0.2) is 48.5 Å². The van der Waals surface area contributed by atoms with Gasteiger partial charge in [-0.1, -0.05) is 48.5 Å². The lowest BCUT2D eigenvalue weighted by molar-refractivity contribution is -0.0553. The van der Waals surface area contributed by atoms with Crippen LogP contribution >= 0.6 is 0 Å². The first-order valence-electron chi connectivity index (χ1n) is 10.4. The lowest BCUT2D eigenvalue weighted by atomic mass is 9.74. The number of aliphatic hydroxyl groups excluding tert-OH is 1. The van der Waals surface area contributed by atoms with Crippen LogP contribution in [0.4, 0.5) is 0 Å². The molecule has 2 aromatic rings. The lowest BCUT2D eigenvalue weighted by Crippen LogP contribution is -2.67. The molecule has 6 heteroatoms. The number of benzene rings is 2. The third kappa shape index (κ3) is 3.99. The van der Waals surface area contributed by atoms with Gasteiger partial charge >= 0.3 is 0 Å². The number of hydrogen-bond acceptors (Lipinski definition) is 4. The highest BCUT2D eigenvalue weighted by atomic mass is 32.2. The number of hydrogen-bond donors (Lipinski definition) is 1. The van der Waals surface area contributed by atoms with Gasteiger partial charge in [0, 0.05) is 31.1 Å². The van der Waals surface area contributed by atoms with Crippen molar-refractivity contribution < 1.29 is 13.5 Å². The predicted molar refractivity (Wildman–Crippen MR) is 116 cm³/mol. The van der Waals surface area contributed by atoms with Crippen LogP contribution in [0.25, 0.3) is 11.1 Å². The molecule has 0 bridgehead atoms. The average molecular weight is 415 g/mol. The Morgan fingerprint density at radius 2 is 1.72 bits per heavy atom. The van der Waals surface area contributed by atoms with Crippen molar-refractivity contribution in [3.8, 4) is 11.1 Å². The van der Waals surface area contributed by atoms with Crippen LogP contribution in [0, 0.1) is 6.92 Å². The molecule has 0 spiro atoms. The molecule has 2 aliphatic heterocycles. The Labute approximate surface area is 174 Å². The van der Waals surface area contributed by atoms with Gasteiger partial charge < -0.3 is 5.11 Å². The van der Waals surface area contributed by atoms with Gasteiger partial charge in [0.1, 0.15) is 0 Å². The van der Waals surface area contributed by atoms with Gasteiger partial charge in [0.05, 0.1) is 12.9 Å². The molecular formula is C23H30N2O3S. The van der Waals surface area contributed by atoms with E-state index in [2.05, 4.69) is 54.3 Å². The van der Waals surface area contributed by atoms with Crippen molar-refractivity contribution in [3.05, 3.63) is 59.7 Å². The van der Waals surface area contributed by atoms with Gasteiger partial charge in [-0.15, -0.1) is 0 Å². The van der Waals surface area contributed by atoms with E-state index >= 15 is 0 Å². The van der Waals surface area contributed by atoms with E-state index in [0.29, 0.717) is 13.1 Å². The summed E-state index contributed by atoms with van der Waals surface area (Å²) < 4.78 is 26.0. The van der Waals surface area contributed by atoms with Crippen LogP contribution in [0.1, 0.15) is 29.9 Å². The monoisotopic (exact) mass is 414 g/mol. The molecule has 2 aromatic carbocycles. The van der Waals surface area contributed by atoms with E-state index in [-0.39, 0.29) is 24.6 Å². The number of aryl methyl sites for hydroxylation is 1. The second-order valence-electron chi connectivity index (χ2n) is 8.35. The summed E-state index contributed by atoms with van der Waals surface area (Å²) in [5, 5.41) is 10.0. The Kier molecular flexibility index (Phi) is 5.80. The van der Waals surface area contributed by atoms with Gasteiger partial charge in [-0.25, -0.2) is 12.7 Å². The van der Waals surface area contributed by atoms with E-state index < -0.39 is 10.0 Å². The highest BCUT2D eigenvalue weighted by Gasteiger charge is 2.49. The largest absolute Gasteiger partial charge is 0.395 e. The van der Waals surface area contributed by atoms with Crippen LogP contribution in [-0.2, 0) is 10.0 Å². The van der Waals surface area contributed by atoms with Crippen LogP contribution < -0.4 is 0 Å². The summed E-state index contributed by atoms with van der Waals surface area (Å²) in [4.78, 5) is 2.30. The van der Waals surface area contributed by atoms with Crippen molar-refractivity contribution in [3.63, 3.8) is 0 Å². The van der Waals surface area contributed by atoms with Gasteiger partial charge in [0.15, 0.2) is 0 Å². The molecule has 5 nitrogen and oxygen atoms in total. The first kappa shape index (κ1) is 20.5. The molecule has 156 valence electrons. The summed E-state index contributed by atoms with van der Waals surface area (Å²) in [7, 11) is -3.22. The zero-order valence-corrected chi connectivity index (χ0v) is 18.0. The Morgan fingerprint density at radius 3 is 2.38 bits per heavy atom. The molecule has 2 heterocycles. The van der Waals surface area contributed by atoms with Gasteiger partial charge in [-0.3, -0.25) is 4.90 Å². The highest BCUT2D eigenvalue weighted by molar-refractivity contribution is 7.88. The molecule has 2 saturated heterocycles. The van der Waals surface area contributed by atoms with Gasteiger partial charge in [0.25, 0.3) is 0 Å². The molecule has 0 saturated carbocycles. The number of rotatable bonds is 4. The Bertz CT molecular complexity index is 958. The molecule has 29 heavy (non-hydrogen) atoms. The summed E-state index contributed by atoms with van der Waals surface area (Å²) in [5.41, 5.74) is 4.82. The van der Waals surface area contributed by atoms with Crippen molar-refractivity contribution in [2.24, 2.45) is 0 Å². The summed E-state index contributed by atoms with van der Waals surface area (Å²) in [6.45, 7) is 4.22. The Hall–Kier alpha value is -1.73. The zero-order valence-electron chi connectivity index (χ0n) is 17.2. The average Bonchev–Trinajstić information content (AvgIpc) is 2.67. The van der Waals surface area contributed by atoms with E-state index in [0.717, 1.165) is 19.4 Å². The maximum Gasteiger partial charge on any atom is 0.211 e. The molecule has 1 N–H and O–H groups in total. The molecule has 0 radical (unpaired) electrons. The SMILES string of the molecule is Cc1ccccc1-c1ccc([C@@H]2[C@H](CO)N3CCCCN(S(C)(=O)=O)C[C@@H]23)cc1. The summed E-state index contributed by atoms with van der Waals surface area (Å²) >= 11 is 0. The summed E-state index contributed by atoms with van der Waals surface area (Å²) in [6.07, 6.45) is 3.12. The van der Waals surface area contributed by atoms with Crippen molar-refractivity contribution in [2.45, 2.75) is 37.8 Å². The fraction of sp³-hybridized carbons (Fsp3) is 0.478. The minimum Gasteiger partial charge on any atom is -0.395 e. The normalized spacial score (nSPS) is 26.2. The number of fused-ring (bicyclic) bond motifs is 1. The molecule has 0 unspecified atom stereocenters. The summed E-state index contributed by atoms with van der Waals surface area (Å²) in [5.74, 6) is 0.147. The van der Waals surface area contributed by atoms with E-state index in [1.165, 1.54) is 28.5 Å². The molecule has 2 aliphatic rings. The van der Waals surface area contributed by atoms with E-state index in [1.807, 2.05) is 6.07 Å². The first-order chi connectivity index (χ1) is 13.9. The molecule has 3 atom stereocenters. The molecule has 0 aliphatic carbocycles. The second kappa shape index (κ2) is 8.19. The third-order valence-electron chi connectivity index (χ3n) is 6.55. The van der Waals surface area contributed by atoms with Crippen molar-refractivity contribution in [2.75, 3.05) is 32.5 Å².